The normalized spacial score (nSPS) is 13.9. The van der Waals surface area contributed by atoms with E-state index in [9.17, 15) is 9.18 Å². The Morgan fingerprint density at radius 3 is 2.78 bits per heavy atom. The van der Waals surface area contributed by atoms with Gasteiger partial charge in [-0.1, -0.05) is 29.8 Å². The van der Waals surface area contributed by atoms with E-state index in [2.05, 4.69) is 11.1 Å². The summed E-state index contributed by atoms with van der Waals surface area (Å²) in [5.74, 6) is -0.284. The summed E-state index contributed by atoms with van der Waals surface area (Å²) in [4.78, 5) is 19.2. The topological polar surface area (TPSA) is 33.2 Å². The molecule has 1 saturated carbocycles. The summed E-state index contributed by atoms with van der Waals surface area (Å²) in [7, 11) is 0. The van der Waals surface area contributed by atoms with E-state index in [0.717, 1.165) is 36.2 Å². The van der Waals surface area contributed by atoms with Gasteiger partial charge in [-0.3, -0.25) is 4.79 Å². The molecule has 1 aromatic heterocycles. The van der Waals surface area contributed by atoms with Crippen LogP contribution in [-0.2, 0) is 17.8 Å². The van der Waals surface area contributed by atoms with Crippen molar-refractivity contribution in [3.8, 4) is 0 Å². The fourth-order valence-corrected chi connectivity index (χ4v) is 4.45. The molecule has 0 aliphatic heterocycles. The lowest BCUT2D eigenvalue weighted by atomic mass is 10.1. The van der Waals surface area contributed by atoms with Gasteiger partial charge >= 0.3 is 0 Å². The summed E-state index contributed by atoms with van der Waals surface area (Å²) in [6, 6.07) is 12.9. The summed E-state index contributed by atoms with van der Waals surface area (Å²) >= 11 is 7.82. The number of hydrogen-bond acceptors (Lipinski definition) is 3. The van der Waals surface area contributed by atoms with Crippen LogP contribution in [-0.4, -0.2) is 21.8 Å². The molecule has 1 amide bonds. The summed E-state index contributed by atoms with van der Waals surface area (Å²) in [6.07, 6.45) is 3.93. The van der Waals surface area contributed by atoms with Crippen molar-refractivity contribution in [3.63, 3.8) is 0 Å². The Morgan fingerprint density at radius 2 is 2.04 bits per heavy atom. The molecule has 0 N–H and O–H groups in total. The fraction of sp³-hybridized carbons (Fsp3) is 0.333. The number of hydrogen-bond donors (Lipinski definition) is 0. The van der Waals surface area contributed by atoms with Crippen LogP contribution in [0.2, 0.25) is 5.02 Å². The van der Waals surface area contributed by atoms with Gasteiger partial charge in [0.1, 0.15) is 5.82 Å². The molecular weight excluding hydrogens is 383 g/mol. The van der Waals surface area contributed by atoms with Gasteiger partial charge in [-0.25, -0.2) is 9.37 Å². The Morgan fingerprint density at radius 1 is 1.22 bits per heavy atom. The lowest BCUT2D eigenvalue weighted by Crippen LogP contribution is -2.33. The predicted molar refractivity (Wildman–Crippen MR) is 108 cm³/mol. The van der Waals surface area contributed by atoms with Crippen molar-refractivity contribution in [1.29, 1.82) is 0 Å². The first-order chi connectivity index (χ1) is 13.1. The Balaban J connectivity index is 1.38. The second kappa shape index (κ2) is 7.95. The van der Waals surface area contributed by atoms with Crippen LogP contribution in [0.15, 0.2) is 42.5 Å². The average Bonchev–Trinajstić information content (AvgIpc) is 3.40. The molecule has 3 aromatic rings. The van der Waals surface area contributed by atoms with Crippen LogP contribution in [0, 0.1) is 5.82 Å². The van der Waals surface area contributed by atoms with Gasteiger partial charge in [0.05, 0.1) is 21.8 Å². The van der Waals surface area contributed by atoms with Crippen molar-refractivity contribution in [2.45, 2.75) is 44.7 Å². The van der Waals surface area contributed by atoms with Gasteiger partial charge in [-0.05, 0) is 49.9 Å². The van der Waals surface area contributed by atoms with Gasteiger partial charge in [0.25, 0.3) is 0 Å². The van der Waals surface area contributed by atoms with Crippen LogP contribution in [0.5, 0.6) is 0 Å². The molecule has 1 aliphatic rings. The maximum Gasteiger partial charge on any atom is 0.223 e. The highest BCUT2D eigenvalue weighted by molar-refractivity contribution is 7.18. The maximum atomic E-state index is 14.1. The third-order valence-electron chi connectivity index (χ3n) is 4.82. The SMILES string of the molecule is O=C(CCCc1nc2ccccc2s1)N(Cc1c(F)cccc1Cl)C1CC1. The molecule has 27 heavy (non-hydrogen) atoms. The van der Waals surface area contributed by atoms with Crippen LogP contribution in [0.3, 0.4) is 0 Å². The van der Waals surface area contributed by atoms with E-state index in [0.29, 0.717) is 17.0 Å². The largest absolute Gasteiger partial charge is 0.335 e. The highest BCUT2D eigenvalue weighted by atomic mass is 35.5. The summed E-state index contributed by atoms with van der Waals surface area (Å²) < 4.78 is 15.3. The molecule has 4 rings (SSSR count). The van der Waals surface area contributed by atoms with E-state index in [1.54, 1.807) is 28.4 Å². The second-order valence-electron chi connectivity index (χ2n) is 6.88. The van der Waals surface area contributed by atoms with Crippen molar-refractivity contribution in [2.75, 3.05) is 0 Å². The van der Waals surface area contributed by atoms with E-state index >= 15 is 0 Å². The zero-order valence-electron chi connectivity index (χ0n) is 14.8. The Labute approximate surface area is 166 Å². The first kappa shape index (κ1) is 18.4. The molecule has 3 nitrogen and oxygen atoms in total. The van der Waals surface area contributed by atoms with E-state index in [1.807, 2.05) is 18.2 Å². The number of fused-ring (bicyclic) bond motifs is 1. The molecule has 2 aromatic carbocycles. The Bertz CT molecular complexity index is 916. The molecule has 0 atom stereocenters. The van der Waals surface area contributed by atoms with Crippen molar-refractivity contribution in [1.82, 2.24) is 9.88 Å². The first-order valence-electron chi connectivity index (χ1n) is 9.18. The van der Waals surface area contributed by atoms with Gasteiger partial charge in [0, 0.05) is 23.0 Å². The van der Waals surface area contributed by atoms with E-state index in [-0.39, 0.29) is 24.3 Å². The highest BCUT2D eigenvalue weighted by Gasteiger charge is 2.33. The van der Waals surface area contributed by atoms with Gasteiger partial charge in [-0.15, -0.1) is 11.3 Å². The van der Waals surface area contributed by atoms with E-state index in [1.165, 1.54) is 10.8 Å². The quantitative estimate of drug-likeness (QED) is 0.515. The minimum Gasteiger partial charge on any atom is -0.335 e. The molecule has 0 unspecified atom stereocenters. The zero-order chi connectivity index (χ0) is 18.8. The molecule has 0 spiro atoms. The third kappa shape index (κ3) is 4.30. The number of halogens is 2. The number of carbonyl (C=O) groups excluding carboxylic acids is 1. The van der Waals surface area contributed by atoms with Crippen molar-refractivity contribution >= 4 is 39.1 Å². The molecule has 0 saturated heterocycles. The van der Waals surface area contributed by atoms with Crippen LogP contribution in [0.25, 0.3) is 10.2 Å². The molecule has 1 fully saturated rings. The lowest BCUT2D eigenvalue weighted by molar-refractivity contribution is -0.132. The fourth-order valence-electron chi connectivity index (χ4n) is 3.22. The van der Waals surface area contributed by atoms with Gasteiger partial charge in [0.15, 0.2) is 0 Å². The van der Waals surface area contributed by atoms with Crippen LogP contribution < -0.4 is 0 Å². The molecule has 0 radical (unpaired) electrons. The monoisotopic (exact) mass is 402 g/mol. The molecule has 140 valence electrons. The number of carbonyl (C=O) groups is 1. The molecular formula is C21H20ClFN2OS. The number of benzene rings is 2. The first-order valence-corrected chi connectivity index (χ1v) is 10.4. The van der Waals surface area contributed by atoms with Crippen LogP contribution >= 0.6 is 22.9 Å². The number of aromatic nitrogens is 1. The number of thiazole rings is 1. The van der Waals surface area contributed by atoms with Gasteiger partial charge in [-0.2, -0.15) is 0 Å². The van der Waals surface area contributed by atoms with E-state index in [4.69, 9.17) is 11.6 Å². The van der Waals surface area contributed by atoms with Crippen LogP contribution in [0.4, 0.5) is 4.39 Å². The standard InChI is InChI=1S/C21H20ClFN2OS/c22-16-5-3-6-17(23)15(16)13-25(14-11-12-14)21(26)10-4-9-20-24-18-7-1-2-8-19(18)27-20/h1-3,5-8,14H,4,9-13H2. The summed E-state index contributed by atoms with van der Waals surface area (Å²) in [5, 5.41) is 1.43. The Hall–Kier alpha value is -1.98. The van der Waals surface area contributed by atoms with Crippen molar-refractivity contribution < 1.29 is 9.18 Å². The van der Waals surface area contributed by atoms with Gasteiger partial charge in [0.2, 0.25) is 5.91 Å². The van der Waals surface area contributed by atoms with Crippen molar-refractivity contribution in [3.05, 3.63) is 63.9 Å². The molecule has 1 heterocycles. The van der Waals surface area contributed by atoms with Gasteiger partial charge < -0.3 is 4.90 Å². The second-order valence-corrected chi connectivity index (χ2v) is 8.40. The lowest BCUT2D eigenvalue weighted by Gasteiger charge is -2.23. The third-order valence-corrected chi connectivity index (χ3v) is 6.27. The summed E-state index contributed by atoms with van der Waals surface area (Å²) in [6.45, 7) is 0.246. The maximum absolute atomic E-state index is 14.1. The number of amides is 1. The number of para-hydroxylation sites is 1. The molecule has 1 aliphatic carbocycles. The Kier molecular flexibility index (Phi) is 5.41. The minimum absolute atomic E-state index is 0.0675. The zero-order valence-corrected chi connectivity index (χ0v) is 16.4. The van der Waals surface area contributed by atoms with Crippen LogP contribution in [0.1, 0.15) is 36.3 Å². The van der Waals surface area contributed by atoms with E-state index < -0.39 is 0 Å². The molecule has 6 heteroatoms. The smallest absolute Gasteiger partial charge is 0.223 e. The molecule has 0 bridgehead atoms. The number of nitrogens with zero attached hydrogens (tertiary/aromatic N) is 2. The summed E-state index contributed by atoms with van der Waals surface area (Å²) in [5.41, 5.74) is 1.42. The number of rotatable bonds is 7. The predicted octanol–water partition coefficient (Wildman–Crippen LogP) is 5.60. The van der Waals surface area contributed by atoms with Crippen molar-refractivity contribution in [2.24, 2.45) is 0 Å². The average molecular weight is 403 g/mol. The number of aryl methyl sites for hydroxylation is 1. The highest BCUT2D eigenvalue weighted by Crippen LogP contribution is 2.31. The minimum atomic E-state index is -0.351.